The lowest BCUT2D eigenvalue weighted by molar-refractivity contribution is -0.142. The van der Waals surface area contributed by atoms with Gasteiger partial charge in [-0.1, -0.05) is 20.8 Å². The zero-order chi connectivity index (χ0) is 12.4. The van der Waals surface area contributed by atoms with Gasteiger partial charge in [-0.15, -0.1) is 0 Å². The summed E-state index contributed by atoms with van der Waals surface area (Å²) in [5.41, 5.74) is 0. The van der Waals surface area contributed by atoms with Crippen LogP contribution in [0.4, 0.5) is 0 Å². The van der Waals surface area contributed by atoms with Gasteiger partial charge in [-0.05, 0) is 19.8 Å². The van der Waals surface area contributed by atoms with Crippen molar-refractivity contribution in [2.45, 2.75) is 40.7 Å². The summed E-state index contributed by atoms with van der Waals surface area (Å²) in [6.45, 7) is 9.87. The molecule has 0 aliphatic carbocycles. The quantitative estimate of drug-likeness (QED) is 0.580. The summed E-state index contributed by atoms with van der Waals surface area (Å²) in [6.07, 6.45) is 1.40. The molecular formula is C11H20O4. The Morgan fingerprint density at radius 2 is 1.47 bits per heavy atom. The predicted molar refractivity (Wildman–Crippen MR) is 58.5 cm³/mol. The van der Waals surface area contributed by atoms with Crippen LogP contribution in [-0.4, -0.2) is 23.1 Å². The molecule has 0 saturated heterocycles. The lowest BCUT2D eigenvalue weighted by atomic mass is 10.3. The van der Waals surface area contributed by atoms with Crippen LogP contribution < -0.4 is 0 Å². The zero-order valence-electron chi connectivity index (χ0n) is 9.98. The highest BCUT2D eigenvalue weighted by atomic mass is 16.5. The minimum absolute atomic E-state index is 0.221. The van der Waals surface area contributed by atoms with Crippen LogP contribution in [0.5, 0.6) is 0 Å². The molecule has 0 bridgehead atoms. The van der Waals surface area contributed by atoms with Gasteiger partial charge in [0, 0.05) is 12.2 Å². The molecule has 0 spiro atoms. The molecule has 0 unspecified atom stereocenters. The number of rotatable bonds is 3. The number of esters is 1. The van der Waals surface area contributed by atoms with E-state index in [4.69, 9.17) is 5.11 Å². The number of carbonyl (C=O) groups is 2. The van der Waals surface area contributed by atoms with Gasteiger partial charge in [0.05, 0.1) is 6.10 Å². The predicted octanol–water partition coefficient (Wildman–Crippen LogP) is 2.24. The lowest BCUT2D eigenvalue weighted by Gasteiger charge is -2.02. The Kier molecular flexibility index (Phi) is 9.94. The van der Waals surface area contributed by atoms with Crippen molar-refractivity contribution in [1.82, 2.24) is 0 Å². The normalized spacial score (nSPS) is 10.1. The highest BCUT2D eigenvalue weighted by Crippen LogP contribution is 1.89. The molecule has 0 aromatic rings. The fourth-order valence-electron chi connectivity index (χ4n) is 0.411. The summed E-state index contributed by atoms with van der Waals surface area (Å²) in [6, 6.07) is 0. The van der Waals surface area contributed by atoms with E-state index in [0.29, 0.717) is 0 Å². The summed E-state index contributed by atoms with van der Waals surface area (Å²) in [4.78, 5) is 20.5. The number of hydrogen-bond acceptors (Lipinski definition) is 3. The minimum Gasteiger partial charge on any atom is -0.478 e. The molecular weight excluding hydrogens is 196 g/mol. The number of carboxylic acid groups (broad SMARTS) is 1. The molecule has 15 heavy (non-hydrogen) atoms. The highest BCUT2D eigenvalue weighted by Gasteiger charge is 2.00. The van der Waals surface area contributed by atoms with Gasteiger partial charge in [0.2, 0.25) is 0 Å². The van der Waals surface area contributed by atoms with Crippen LogP contribution in [0.2, 0.25) is 0 Å². The molecule has 4 heteroatoms. The molecule has 0 aliphatic rings. The molecule has 0 aromatic carbocycles. The van der Waals surface area contributed by atoms with Crippen LogP contribution in [0, 0.1) is 5.92 Å². The molecule has 4 nitrogen and oxygen atoms in total. The third-order valence-corrected chi connectivity index (χ3v) is 0.714. The standard InChI is InChI=1S/C7H10O4.C4H10/c1-5(2)11-7(10)4-3-6(8)9;1-4(2)3/h3-5H,1-2H3,(H,8,9);4H,1-3H3. The molecule has 0 atom stereocenters. The van der Waals surface area contributed by atoms with Crippen molar-refractivity contribution in [3.63, 3.8) is 0 Å². The van der Waals surface area contributed by atoms with Crippen molar-refractivity contribution < 1.29 is 19.4 Å². The molecule has 0 rings (SSSR count). The molecule has 0 amide bonds. The van der Waals surface area contributed by atoms with Crippen molar-refractivity contribution in [3.8, 4) is 0 Å². The smallest absolute Gasteiger partial charge is 0.331 e. The largest absolute Gasteiger partial charge is 0.478 e. The third-order valence-electron chi connectivity index (χ3n) is 0.714. The molecule has 0 saturated carbocycles. The van der Waals surface area contributed by atoms with E-state index in [1.54, 1.807) is 13.8 Å². The van der Waals surface area contributed by atoms with Gasteiger partial charge in [0.1, 0.15) is 0 Å². The SMILES string of the molecule is CC(C)C.CC(C)OC(=O)C=CC(=O)O. The lowest BCUT2D eigenvalue weighted by Crippen LogP contribution is -2.08. The zero-order valence-corrected chi connectivity index (χ0v) is 9.98. The second-order valence-corrected chi connectivity index (χ2v) is 3.89. The Balaban J connectivity index is 0. The van der Waals surface area contributed by atoms with Crippen molar-refractivity contribution in [2.24, 2.45) is 5.92 Å². The summed E-state index contributed by atoms with van der Waals surface area (Å²) < 4.78 is 4.61. The number of carboxylic acids is 1. The van der Waals surface area contributed by atoms with Gasteiger partial charge in [0.25, 0.3) is 0 Å². The molecule has 88 valence electrons. The molecule has 0 fully saturated rings. The summed E-state index contributed by atoms with van der Waals surface area (Å²) in [5, 5.41) is 8.10. The van der Waals surface area contributed by atoms with Crippen LogP contribution in [0.25, 0.3) is 0 Å². The van der Waals surface area contributed by atoms with Crippen LogP contribution in [0.3, 0.4) is 0 Å². The van der Waals surface area contributed by atoms with Gasteiger partial charge >= 0.3 is 11.9 Å². The van der Waals surface area contributed by atoms with E-state index < -0.39 is 11.9 Å². The first-order valence-electron chi connectivity index (χ1n) is 4.87. The summed E-state index contributed by atoms with van der Waals surface area (Å²) >= 11 is 0. The molecule has 0 aromatic heterocycles. The van der Waals surface area contributed by atoms with Crippen molar-refractivity contribution in [3.05, 3.63) is 12.2 Å². The van der Waals surface area contributed by atoms with Crippen molar-refractivity contribution in [2.75, 3.05) is 0 Å². The van der Waals surface area contributed by atoms with E-state index in [0.717, 1.165) is 18.1 Å². The van der Waals surface area contributed by atoms with Crippen molar-refractivity contribution >= 4 is 11.9 Å². The Morgan fingerprint density at radius 1 is 1.07 bits per heavy atom. The molecule has 1 N–H and O–H groups in total. The molecule has 0 aliphatic heterocycles. The molecule has 0 heterocycles. The van der Waals surface area contributed by atoms with E-state index in [1.165, 1.54) is 0 Å². The van der Waals surface area contributed by atoms with E-state index >= 15 is 0 Å². The average Bonchev–Trinajstić information content (AvgIpc) is 1.98. The van der Waals surface area contributed by atoms with Crippen LogP contribution in [0.15, 0.2) is 12.2 Å². The maximum absolute atomic E-state index is 10.6. The van der Waals surface area contributed by atoms with Gasteiger partial charge in [-0.2, -0.15) is 0 Å². The van der Waals surface area contributed by atoms with E-state index in [-0.39, 0.29) is 6.10 Å². The van der Waals surface area contributed by atoms with Gasteiger partial charge < -0.3 is 9.84 Å². The maximum Gasteiger partial charge on any atom is 0.331 e. The summed E-state index contributed by atoms with van der Waals surface area (Å²) in [7, 11) is 0. The Labute approximate surface area is 90.9 Å². The van der Waals surface area contributed by atoms with Crippen LogP contribution in [0.1, 0.15) is 34.6 Å². The monoisotopic (exact) mass is 216 g/mol. The highest BCUT2D eigenvalue weighted by molar-refractivity contribution is 5.90. The fourth-order valence-corrected chi connectivity index (χ4v) is 0.411. The first kappa shape index (κ1) is 16.1. The Bertz CT molecular complexity index is 214. The van der Waals surface area contributed by atoms with Gasteiger partial charge in [-0.3, -0.25) is 0 Å². The third kappa shape index (κ3) is 24.5. The van der Waals surface area contributed by atoms with Crippen LogP contribution in [-0.2, 0) is 14.3 Å². The van der Waals surface area contributed by atoms with E-state index in [1.807, 2.05) is 0 Å². The Morgan fingerprint density at radius 3 is 1.73 bits per heavy atom. The van der Waals surface area contributed by atoms with E-state index in [2.05, 4.69) is 25.5 Å². The number of ether oxygens (including phenoxy) is 1. The number of carbonyl (C=O) groups excluding carboxylic acids is 1. The maximum atomic E-state index is 10.6. The van der Waals surface area contributed by atoms with Gasteiger partial charge in [-0.25, -0.2) is 9.59 Å². The fraction of sp³-hybridized carbons (Fsp3) is 0.636. The van der Waals surface area contributed by atoms with Crippen LogP contribution >= 0.6 is 0 Å². The average molecular weight is 216 g/mol. The molecule has 0 radical (unpaired) electrons. The second-order valence-electron chi connectivity index (χ2n) is 3.89. The topological polar surface area (TPSA) is 63.6 Å². The second kappa shape index (κ2) is 9.24. The Hall–Kier alpha value is -1.32. The summed E-state index contributed by atoms with van der Waals surface area (Å²) in [5.74, 6) is -0.965. The minimum atomic E-state index is -1.16. The first-order valence-corrected chi connectivity index (χ1v) is 4.87. The van der Waals surface area contributed by atoms with E-state index in [9.17, 15) is 9.59 Å². The number of aliphatic carboxylic acids is 1. The van der Waals surface area contributed by atoms with Crippen molar-refractivity contribution in [1.29, 1.82) is 0 Å². The number of hydrogen-bond donors (Lipinski definition) is 1. The first-order chi connectivity index (χ1) is 6.75. The van der Waals surface area contributed by atoms with Gasteiger partial charge in [0.15, 0.2) is 0 Å².